The van der Waals surface area contributed by atoms with Crippen LogP contribution in [0.25, 0.3) is 0 Å². The maximum absolute atomic E-state index is 13.3. The zero-order valence-electron chi connectivity index (χ0n) is 17.0. The van der Waals surface area contributed by atoms with Crippen molar-refractivity contribution < 1.29 is 23.1 Å². The average Bonchev–Trinajstić information content (AvgIpc) is 3.48. The molecular weight excluding hydrogens is 394 g/mol. The molecule has 0 radical (unpaired) electrons. The van der Waals surface area contributed by atoms with Crippen molar-refractivity contribution in [1.82, 2.24) is 10.3 Å². The van der Waals surface area contributed by atoms with Crippen LogP contribution in [0.3, 0.4) is 0 Å². The minimum Gasteiger partial charge on any atom is -0.476 e. The zero-order chi connectivity index (χ0) is 21.4. The fourth-order valence-corrected chi connectivity index (χ4v) is 4.28. The second kappa shape index (κ2) is 8.00. The Morgan fingerprint density at radius 1 is 1.20 bits per heavy atom. The van der Waals surface area contributed by atoms with Crippen LogP contribution in [0.4, 0.5) is 14.5 Å². The highest BCUT2D eigenvalue weighted by molar-refractivity contribution is 5.94. The molecule has 3 fully saturated rings. The number of alkyl halides is 2. The molecule has 1 aromatic rings. The van der Waals surface area contributed by atoms with Gasteiger partial charge in [0.2, 0.25) is 11.8 Å². The van der Waals surface area contributed by atoms with Crippen molar-refractivity contribution >= 4 is 17.5 Å². The molecule has 3 N–H and O–H groups in total. The van der Waals surface area contributed by atoms with E-state index in [4.69, 9.17) is 10.5 Å². The van der Waals surface area contributed by atoms with Gasteiger partial charge in [-0.25, -0.2) is 13.8 Å². The molecule has 9 heteroatoms. The van der Waals surface area contributed by atoms with E-state index in [2.05, 4.69) is 10.3 Å². The number of anilines is 1. The number of hydrogen-bond acceptors (Lipinski definition) is 5. The molecule has 0 atom stereocenters. The standard InChI is InChI=1S/C21H28F2N4O3/c22-21(23)12-27(13-21)16-7-6-15(25-19(16)30-11-14-4-5-14)18(29)26-20(10-17(24)28)8-2-1-3-9-20/h6-7,14H,1-5,8-13H2,(H2,24,28)(H,26,29). The third kappa shape index (κ3) is 4.82. The summed E-state index contributed by atoms with van der Waals surface area (Å²) in [6.07, 6.45) is 6.51. The average molecular weight is 422 g/mol. The summed E-state index contributed by atoms with van der Waals surface area (Å²) in [5, 5.41) is 2.98. The smallest absolute Gasteiger partial charge is 0.282 e. The number of carbonyl (C=O) groups is 2. The molecule has 1 saturated heterocycles. The van der Waals surface area contributed by atoms with E-state index in [1.54, 1.807) is 6.07 Å². The molecular formula is C21H28F2N4O3. The number of aromatic nitrogens is 1. The van der Waals surface area contributed by atoms with E-state index in [-0.39, 0.29) is 31.1 Å². The van der Waals surface area contributed by atoms with Crippen molar-refractivity contribution in [3.8, 4) is 5.88 Å². The summed E-state index contributed by atoms with van der Waals surface area (Å²) in [5.41, 5.74) is 5.39. The Hall–Kier alpha value is -2.45. The van der Waals surface area contributed by atoms with Gasteiger partial charge in [-0.05, 0) is 43.7 Å². The molecule has 0 aromatic carbocycles. The SMILES string of the molecule is NC(=O)CC1(NC(=O)c2ccc(N3CC(F)(F)C3)c(OCC3CC3)n2)CCCCC1. The summed E-state index contributed by atoms with van der Waals surface area (Å²) in [7, 11) is 0. The van der Waals surface area contributed by atoms with Crippen LogP contribution in [-0.2, 0) is 4.79 Å². The van der Waals surface area contributed by atoms with Crippen LogP contribution in [0.15, 0.2) is 12.1 Å². The second-order valence-corrected chi connectivity index (χ2v) is 8.93. The maximum Gasteiger partial charge on any atom is 0.282 e. The number of amides is 2. The molecule has 2 aliphatic carbocycles. The summed E-state index contributed by atoms with van der Waals surface area (Å²) in [6, 6.07) is 3.13. The van der Waals surface area contributed by atoms with E-state index in [1.165, 1.54) is 11.0 Å². The highest BCUT2D eigenvalue weighted by Crippen LogP contribution is 2.38. The van der Waals surface area contributed by atoms with Crippen LogP contribution in [0.5, 0.6) is 5.88 Å². The van der Waals surface area contributed by atoms with Gasteiger partial charge in [0.1, 0.15) is 11.4 Å². The summed E-state index contributed by atoms with van der Waals surface area (Å²) in [6.45, 7) is -0.315. The Kier molecular flexibility index (Phi) is 5.55. The van der Waals surface area contributed by atoms with E-state index in [0.29, 0.717) is 31.1 Å². The molecule has 164 valence electrons. The molecule has 1 aliphatic heterocycles. The van der Waals surface area contributed by atoms with E-state index in [9.17, 15) is 18.4 Å². The lowest BCUT2D eigenvalue weighted by atomic mass is 9.79. The number of halogens is 2. The zero-order valence-corrected chi connectivity index (χ0v) is 17.0. The largest absolute Gasteiger partial charge is 0.476 e. The van der Waals surface area contributed by atoms with Gasteiger partial charge >= 0.3 is 0 Å². The van der Waals surface area contributed by atoms with Gasteiger partial charge in [0, 0.05) is 12.0 Å². The van der Waals surface area contributed by atoms with Gasteiger partial charge in [0.15, 0.2) is 0 Å². The minimum absolute atomic E-state index is 0.0880. The van der Waals surface area contributed by atoms with Gasteiger partial charge in [-0.2, -0.15) is 0 Å². The molecule has 2 heterocycles. The third-order valence-electron chi connectivity index (χ3n) is 6.11. The molecule has 2 amide bonds. The monoisotopic (exact) mass is 422 g/mol. The van der Waals surface area contributed by atoms with E-state index in [1.807, 2.05) is 0 Å². The molecule has 4 rings (SSSR count). The Balaban J connectivity index is 1.52. The summed E-state index contributed by atoms with van der Waals surface area (Å²) >= 11 is 0. The number of carbonyl (C=O) groups excluding carboxylic acids is 2. The van der Waals surface area contributed by atoms with Gasteiger partial charge in [0.05, 0.1) is 19.7 Å². The number of hydrogen-bond donors (Lipinski definition) is 2. The Morgan fingerprint density at radius 3 is 2.50 bits per heavy atom. The molecule has 3 aliphatic rings. The number of pyridine rings is 1. The Bertz CT molecular complexity index is 814. The van der Waals surface area contributed by atoms with Crippen LogP contribution < -0.4 is 20.7 Å². The van der Waals surface area contributed by atoms with Crippen LogP contribution in [-0.4, -0.2) is 48.0 Å². The normalized spacial score (nSPS) is 22.1. The lowest BCUT2D eigenvalue weighted by molar-refractivity contribution is -0.119. The van der Waals surface area contributed by atoms with Crippen molar-refractivity contribution in [2.75, 3.05) is 24.6 Å². The second-order valence-electron chi connectivity index (χ2n) is 8.93. The fourth-order valence-electron chi connectivity index (χ4n) is 4.28. The van der Waals surface area contributed by atoms with Crippen LogP contribution in [0.1, 0.15) is 61.9 Å². The highest BCUT2D eigenvalue weighted by Gasteiger charge is 2.45. The highest BCUT2D eigenvalue weighted by atomic mass is 19.3. The van der Waals surface area contributed by atoms with Gasteiger partial charge in [-0.15, -0.1) is 0 Å². The molecule has 0 bridgehead atoms. The number of nitrogens with zero attached hydrogens (tertiary/aromatic N) is 2. The molecule has 2 saturated carbocycles. The van der Waals surface area contributed by atoms with Crippen molar-refractivity contribution in [1.29, 1.82) is 0 Å². The summed E-state index contributed by atoms with van der Waals surface area (Å²) < 4.78 is 32.5. The van der Waals surface area contributed by atoms with Crippen molar-refractivity contribution in [2.45, 2.75) is 62.8 Å². The minimum atomic E-state index is -2.72. The van der Waals surface area contributed by atoms with Gasteiger partial charge in [-0.1, -0.05) is 19.3 Å². The lowest BCUT2D eigenvalue weighted by Gasteiger charge is -2.40. The van der Waals surface area contributed by atoms with Crippen molar-refractivity contribution in [3.05, 3.63) is 17.8 Å². The summed E-state index contributed by atoms with van der Waals surface area (Å²) in [4.78, 5) is 30.4. The van der Waals surface area contributed by atoms with Gasteiger partial charge in [0.25, 0.3) is 11.8 Å². The first kappa shape index (κ1) is 20.8. The Labute approximate surface area is 174 Å². The predicted molar refractivity (Wildman–Crippen MR) is 107 cm³/mol. The van der Waals surface area contributed by atoms with E-state index >= 15 is 0 Å². The van der Waals surface area contributed by atoms with E-state index < -0.39 is 23.3 Å². The molecule has 7 nitrogen and oxygen atoms in total. The lowest BCUT2D eigenvalue weighted by Crippen LogP contribution is -2.56. The first-order valence-electron chi connectivity index (χ1n) is 10.6. The quantitative estimate of drug-likeness (QED) is 0.671. The number of nitrogens with one attached hydrogen (secondary N) is 1. The van der Waals surface area contributed by atoms with Gasteiger partial charge < -0.3 is 20.7 Å². The van der Waals surface area contributed by atoms with Crippen LogP contribution in [0.2, 0.25) is 0 Å². The maximum atomic E-state index is 13.3. The van der Waals surface area contributed by atoms with Crippen LogP contribution >= 0.6 is 0 Å². The fraction of sp³-hybridized carbons (Fsp3) is 0.667. The first-order chi connectivity index (χ1) is 14.3. The number of primary amides is 1. The first-order valence-corrected chi connectivity index (χ1v) is 10.6. The van der Waals surface area contributed by atoms with Crippen molar-refractivity contribution in [2.24, 2.45) is 11.7 Å². The molecule has 0 spiro atoms. The number of ether oxygens (including phenoxy) is 1. The summed E-state index contributed by atoms with van der Waals surface area (Å²) in [5.74, 6) is -2.91. The molecule has 30 heavy (non-hydrogen) atoms. The van der Waals surface area contributed by atoms with Gasteiger partial charge in [-0.3, -0.25) is 9.59 Å². The number of rotatable bonds is 8. The van der Waals surface area contributed by atoms with Crippen LogP contribution in [0, 0.1) is 5.92 Å². The van der Waals surface area contributed by atoms with E-state index in [0.717, 1.165) is 32.1 Å². The molecule has 1 aromatic heterocycles. The third-order valence-corrected chi connectivity index (χ3v) is 6.11. The topological polar surface area (TPSA) is 97.5 Å². The molecule has 0 unspecified atom stereocenters. The van der Waals surface area contributed by atoms with Crippen molar-refractivity contribution in [3.63, 3.8) is 0 Å². The Morgan fingerprint density at radius 2 is 1.90 bits per heavy atom. The predicted octanol–water partition coefficient (Wildman–Crippen LogP) is 2.63. The number of nitrogens with two attached hydrogens (primary N) is 1.